The van der Waals surface area contributed by atoms with E-state index < -0.39 is 27.8 Å². The van der Waals surface area contributed by atoms with E-state index in [0.717, 1.165) is 19.3 Å². The minimum atomic E-state index is -3.62. The third-order valence-corrected chi connectivity index (χ3v) is 8.40. The first-order valence-electron chi connectivity index (χ1n) is 11.8. The number of hydrogen-bond donors (Lipinski definition) is 1. The quantitative estimate of drug-likeness (QED) is 0.259. The Morgan fingerprint density at radius 1 is 1.00 bits per heavy atom. The molecule has 2 heterocycles. The second kappa shape index (κ2) is 10.7. The Bertz CT molecular complexity index is 1200. The molecule has 1 atom stereocenters. The van der Waals surface area contributed by atoms with Crippen LogP contribution in [0.25, 0.3) is 5.76 Å². The topological polar surface area (TPSA) is 104 Å². The zero-order chi connectivity index (χ0) is 25.0. The normalized spacial score (nSPS) is 20.9. The average molecular weight is 499 g/mol. The number of aliphatic hydroxyl groups is 1. The molecule has 186 valence electrons. The van der Waals surface area contributed by atoms with Crippen LogP contribution in [0.3, 0.4) is 0 Å². The molecular formula is C26H30N2O6S. The van der Waals surface area contributed by atoms with Crippen LogP contribution in [0.4, 0.5) is 0 Å². The fourth-order valence-corrected chi connectivity index (χ4v) is 6.18. The summed E-state index contributed by atoms with van der Waals surface area (Å²) < 4.78 is 32.5. The number of ether oxygens (including phenoxy) is 1. The smallest absolute Gasteiger partial charge is 0.295 e. The van der Waals surface area contributed by atoms with Gasteiger partial charge >= 0.3 is 0 Å². The second-order valence-electron chi connectivity index (χ2n) is 8.74. The fourth-order valence-electron chi connectivity index (χ4n) is 4.67. The van der Waals surface area contributed by atoms with E-state index in [4.69, 9.17) is 4.74 Å². The first-order chi connectivity index (χ1) is 16.9. The van der Waals surface area contributed by atoms with Gasteiger partial charge in [-0.2, -0.15) is 4.31 Å². The Labute approximate surface area is 205 Å². The Kier molecular flexibility index (Phi) is 7.69. The van der Waals surface area contributed by atoms with Crippen molar-refractivity contribution in [2.45, 2.75) is 36.6 Å². The predicted molar refractivity (Wildman–Crippen MR) is 131 cm³/mol. The summed E-state index contributed by atoms with van der Waals surface area (Å²) in [6.45, 7) is 1.71. The summed E-state index contributed by atoms with van der Waals surface area (Å²) >= 11 is 0. The lowest BCUT2D eigenvalue weighted by Gasteiger charge is -2.26. The Balaban J connectivity index is 1.70. The first-order valence-corrected chi connectivity index (χ1v) is 13.2. The number of piperidine rings is 1. The second-order valence-corrected chi connectivity index (χ2v) is 10.7. The van der Waals surface area contributed by atoms with Crippen LogP contribution in [-0.2, 0) is 24.3 Å². The van der Waals surface area contributed by atoms with Gasteiger partial charge in [-0.3, -0.25) is 9.59 Å². The number of ketones is 1. The lowest BCUT2D eigenvalue weighted by Crippen LogP contribution is -2.35. The molecular weight excluding hydrogens is 468 g/mol. The number of aliphatic hydroxyl groups excluding tert-OH is 1. The lowest BCUT2D eigenvalue weighted by atomic mass is 9.95. The van der Waals surface area contributed by atoms with E-state index in [1.807, 2.05) is 18.2 Å². The largest absolute Gasteiger partial charge is 0.507 e. The zero-order valence-corrected chi connectivity index (χ0v) is 20.5. The van der Waals surface area contributed by atoms with Crippen molar-refractivity contribution in [3.8, 4) is 0 Å². The van der Waals surface area contributed by atoms with Gasteiger partial charge in [-0.25, -0.2) is 8.42 Å². The summed E-state index contributed by atoms with van der Waals surface area (Å²) in [6.07, 6.45) is 3.23. The van der Waals surface area contributed by atoms with Crippen LogP contribution >= 0.6 is 0 Å². The molecule has 2 aliphatic heterocycles. The number of hydrogen-bond acceptors (Lipinski definition) is 6. The molecule has 0 radical (unpaired) electrons. The standard InChI is InChI=1S/C26H30N2O6S/c1-34-18-8-17-28-23(19-9-4-2-5-10-19)22(25(30)26(28)31)24(29)20-11-13-21(14-12-20)35(32,33)27-15-6-3-7-16-27/h2,4-5,9-14,23,29H,3,6-8,15-18H2,1H3/b24-22+. The molecule has 4 rings (SSSR count). The summed E-state index contributed by atoms with van der Waals surface area (Å²) in [5.41, 5.74) is 0.971. The number of methoxy groups -OCH3 is 1. The molecule has 9 heteroatoms. The summed E-state index contributed by atoms with van der Waals surface area (Å²) in [4.78, 5) is 27.5. The van der Waals surface area contributed by atoms with E-state index in [2.05, 4.69) is 0 Å². The van der Waals surface area contributed by atoms with Crippen molar-refractivity contribution in [1.82, 2.24) is 9.21 Å². The van der Waals surface area contributed by atoms with Gasteiger partial charge in [0, 0.05) is 38.9 Å². The van der Waals surface area contributed by atoms with Gasteiger partial charge in [0.1, 0.15) is 5.76 Å². The number of Topliss-reactive ketones (excluding diaryl/α,β-unsaturated/α-hetero) is 1. The van der Waals surface area contributed by atoms with Crippen LogP contribution in [0.1, 0.15) is 42.9 Å². The molecule has 1 unspecified atom stereocenters. The van der Waals surface area contributed by atoms with Crippen LogP contribution in [0.15, 0.2) is 65.1 Å². The van der Waals surface area contributed by atoms with Crippen molar-refractivity contribution >= 4 is 27.5 Å². The minimum Gasteiger partial charge on any atom is -0.507 e. The monoisotopic (exact) mass is 498 g/mol. The van der Waals surface area contributed by atoms with Gasteiger partial charge in [-0.1, -0.05) is 36.8 Å². The molecule has 1 N–H and O–H groups in total. The Hall–Kier alpha value is -3.01. The molecule has 0 aliphatic carbocycles. The first kappa shape index (κ1) is 25.1. The number of nitrogens with zero attached hydrogens (tertiary/aromatic N) is 2. The molecule has 2 aromatic rings. The SMILES string of the molecule is COCCCN1C(=O)C(=O)/C(=C(/O)c2ccc(S(=O)(=O)N3CCCCC3)cc2)C1c1ccccc1. The van der Waals surface area contributed by atoms with E-state index >= 15 is 0 Å². The van der Waals surface area contributed by atoms with Crippen molar-refractivity contribution in [1.29, 1.82) is 0 Å². The molecule has 35 heavy (non-hydrogen) atoms. The van der Waals surface area contributed by atoms with Gasteiger partial charge in [0.05, 0.1) is 16.5 Å². The van der Waals surface area contributed by atoms with Gasteiger partial charge in [0.2, 0.25) is 10.0 Å². The van der Waals surface area contributed by atoms with Gasteiger partial charge < -0.3 is 14.7 Å². The summed E-state index contributed by atoms with van der Waals surface area (Å²) in [5, 5.41) is 11.2. The van der Waals surface area contributed by atoms with E-state index in [1.165, 1.54) is 33.5 Å². The minimum absolute atomic E-state index is 0.00902. The lowest BCUT2D eigenvalue weighted by molar-refractivity contribution is -0.140. The highest BCUT2D eigenvalue weighted by Crippen LogP contribution is 2.39. The number of benzene rings is 2. The van der Waals surface area contributed by atoms with Crippen LogP contribution in [-0.4, -0.2) is 67.8 Å². The van der Waals surface area contributed by atoms with Crippen molar-refractivity contribution in [2.75, 3.05) is 33.4 Å². The summed E-state index contributed by atoms with van der Waals surface area (Å²) in [5.74, 6) is -1.77. The molecule has 2 fully saturated rings. The Morgan fingerprint density at radius 2 is 1.66 bits per heavy atom. The maximum Gasteiger partial charge on any atom is 0.295 e. The van der Waals surface area contributed by atoms with E-state index in [9.17, 15) is 23.1 Å². The highest BCUT2D eigenvalue weighted by atomic mass is 32.2. The third kappa shape index (κ3) is 5.03. The van der Waals surface area contributed by atoms with Crippen LogP contribution in [0, 0.1) is 0 Å². The van der Waals surface area contributed by atoms with Crippen LogP contribution in [0.2, 0.25) is 0 Å². The van der Waals surface area contributed by atoms with Gasteiger partial charge in [-0.15, -0.1) is 0 Å². The van der Waals surface area contributed by atoms with Crippen molar-refractivity contribution < 1.29 is 27.9 Å². The third-order valence-electron chi connectivity index (χ3n) is 6.48. The van der Waals surface area contributed by atoms with E-state index in [1.54, 1.807) is 19.2 Å². The molecule has 8 nitrogen and oxygen atoms in total. The summed E-state index contributed by atoms with van der Waals surface area (Å²) in [7, 11) is -2.06. The van der Waals surface area contributed by atoms with E-state index in [-0.39, 0.29) is 21.8 Å². The predicted octanol–water partition coefficient (Wildman–Crippen LogP) is 3.32. The van der Waals surface area contributed by atoms with E-state index in [0.29, 0.717) is 38.2 Å². The van der Waals surface area contributed by atoms with Crippen LogP contribution < -0.4 is 0 Å². The molecule has 0 aromatic heterocycles. The maximum absolute atomic E-state index is 13.0. The average Bonchev–Trinajstić information content (AvgIpc) is 3.14. The highest BCUT2D eigenvalue weighted by molar-refractivity contribution is 7.89. The fraction of sp³-hybridized carbons (Fsp3) is 0.385. The molecule has 0 spiro atoms. The maximum atomic E-state index is 13.0. The highest BCUT2D eigenvalue weighted by Gasteiger charge is 2.45. The summed E-state index contributed by atoms with van der Waals surface area (Å²) in [6, 6.07) is 14.2. The molecule has 2 saturated heterocycles. The molecule has 0 saturated carbocycles. The van der Waals surface area contributed by atoms with Gasteiger partial charge in [0.15, 0.2) is 0 Å². The van der Waals surface area contributed by atoms with Crippen LogP contribution in [0.5, 0.6) is 0 Å². The number of carbonyl (C=O) groups excluding carboxylic acids is 2. The zero-order valence-electron chi connectivity index (χ0n) is 19.7. The number of carbonyl (C=O) groups is 2. The molecule has 0 bridgehead atoms. The number of sulfonamides is 1. The Morgan fingerprint density at radius 3 is 2.29 bits per heavy atom. The molecule has 2 aromatic carbocycles. The molecule has 1 amide bonds. The van der Waals surface area contributed by atoms with Gasteiger partial charge in [0.25, 0.3) is 11.7 Å². The molecule has 2 aliphatic rings. The number of rotatable bonds is 8. The number of amides is 1. The number of likely N-dealkylation sites (tertiary alicyclic amines) is 1. The van der Waals surface area contributed by atoms with Crippen molar-refractivity contribution in [3.63, 3.8) is 0 Å². The van der Waals surface area contributed by atoms with Crippen molar-refractivity contribution in [2.24, 2.45) is 0 Å². The van der Waals surface area contributed by atoms with Gasteiger partial charge in [-0.05, 0) is 49.1 Å². The van der Waals surface area contributed by atoms with Crippen molar-refractivity contribution in [3.05, 3.63) is 71.3 Å².